The number of rotatable bonds is 1. The average molecular weight is 163 g/mol. The molecule has 3 nitrogen and oxygen atoms in total. The van der Waals surface area contributed by atoms with Crippen molar-refractivity contribution < 1.29 is 0 Å². The van der Waals surface area contributed by atoms with E-state index in [4.69, 9.17) is 0 Å². The summed E-state index contributed by atoms with van der Waals surface area (Å²) in [5.74, 6) is 0. The summed E-state index contributed by atoms with van der Waals surface area (Å²) in [4.78, 5) is 4.26. The molecule has 12 heavy (non-hydrogen) atoms. The molecule has 1 aromatic heterocycles. The highest BCUT2D eigenvalue weighted by Gasteiger charge is 2.14. The van der Waals surface area contributed by atoms with E-state index < -0.39 is 0 Å². The molecule has 1 aliphatic rings. The van der Waals surface area contributed by atoms with Gasteiger partial charge in [-0.3, -0.25) is 9.67 Å². The van der Waals surface area contributed by atoms with Gasteiger partial charge >= 0.3 is 0 Å². The molecule has 0 radical (unpaired) electrons. The molecule has 0 bridgehead atoms. The van der Waals surface area contributed by atoms with Crippen molar-refractivity contribution >= 4 is 6.21 Å². The van der Waals surface area contributed by atoms with Crippen LogP contribution in [0.4, 0.5) is 0 Å². The zero-order valence-electron chi connectivity index (χ0n) is 7.54. The fourth-order valence-corrected chi connectivity index (χ4v) is 1.72. The van der Waals surface area contributed by atoms with E-state index in [-0.39, 0.29) is 0 Å². The second kappa shape index (κ2) is 2.73. The van der Waals surface area contributed by atoms with Crippen molar-refractivity contribution in [2.75, 3.05) is 6.54 Å². The maximum atomic E-state index is 4.45. The van der Waals surface area contributed by atoms with Crippen molar-refractivity contribution in [3.63, 3.8) is 0 Å². The van der Waals surface area contributed by atoms with Crippen LogP contribution in [-0.4, -0.2) is 22.5 Å². The van der Waals surface area contributed by atoms with Crippen LogP contribution >= 0.6 is 0 Å². The van der Waals surface area contributed by atoms with Crippen LogP contribution in [0.25, 0.3) is 0 Å². The second-order valence-corrected chi connectivity index (χ2v) is 3.07. The molecule has 64 valence electrons. The Balaban J connectivity index is 2.56. The largest absolute Gasteiger partial charge is 0.292 e. The standard InChI is InChI=1S/C9H13N3/c1-3-9-7-6-10-5-4-8(7)11-12(9)2/h6H,3-5H2,1-2H3. The summed E-state index contributed by atoms with van der Waals surface area (Å²) in [7, 11) is 2.00. The molecule has 2 rings (SSSR count). The topological polar surface area (TPSA) is 30.2 Å². The predicted octanol–water partition coefficient (Wildman–Crippen LogP) is 0.958. The van der Waals surface area contributed by atoms with E-state index in [1.54, 1.807) is 0 Å². The highest BCUT2D eigenvalue weighted by atomic mass is 15.3. The summed E-state index contributed by atoms with van der Waals surface area (Å²) in [6, 6.07) is 0. The van der Waals surface area contributed by atoms with Gasteiger partial charge in [-0.25, -0.2) is 0 Å². The first-order valence-corrected chi connectivity index (χ1v) is 4.37. The van der Waals surface area contributed by atoms with Gasteiger partial charge < -0.3 is 0 Å². The molecule has 0 unspecified atom stereocenters. The lowest BCUT2D eigenvalue weighted by molar-refractivity contribution is 0.702. The monoisotopic (exact) mass is 163 g/mol. The number of nitrogens with zero attached hydrogens (tertiary/aromatic N) is 3. The van der Waals surface area contributed by atoms with Gasteiger partial charge in [-0.1, -0.05) is 6.92 Å². The summed E-state index contributed by atoms with van der Waals surface area (Å²) >= 11 is 0. The first-order valence-electron chi connectivity index (χ1n) is 4.37. The summed E-state index contributed by atoms with van der Waals surface area (Å²) in [6.07, 6.45) is 4.00. The van der Waals surface area contributed by atoms with Gasteiger partial charge in [-0.05, 0) is 6.42 Å². The molecule has 0 saturated heterocycles. The van der Waals surface area contributed by atoms with Gasteiger partial charge in [-0.2, -0.15) is 5.10 Å². The lowest BCUT2D eigenvalue weighted by atomic mass is 10.1. The SMILES string of the molecule is CCc1c2c(nn1C)CCN=C2. The highest BCUT2D eigenvalue weighted by molar-refractivity contribution is 5.83. The van der Waals surface area contributed by atoms with Crippen LogP contribution < -0.4 is 0 Å². The van der Waals surface area contributed by atoms with Crippen LogP contribution in [0.3, 0.4) is 0 Å². The Morgan fingerprint density at radius 3 is 3.17 bits per heavy atom. The Labute approximate surface area is 72.1 Å². The van der Waals surface area contributed by atoms with E-state index in [1.807, 2.05) is 17.9 Å². The first-order chi connectivity index (χ1) is 5.83. The minimum Gasteiger partial charge on any atom is -0.292 e. The number of aliphatic imine (C=N–C) groups is 1. The minimum atomic E-state index is 0.896. The van der Waals surface area contributed by atoms with Crippen molar-refractivity contribution in [2.24, 2.45) is 12.0 Å². The average Bonchev–Trinajstić information content (AvgIpc) is 2.40. The summed E-state index contributed by atoms with van der Waals surface area (Å²) in [5.41, 5.74) is 3.77. The van der Waals surface area contributed by atoms with Gasteiger partial charge in [-0.15, -0.1) is 0 Å². The maximum Gasteiger partial charge on any atom is 0.0733 e. The number of aryl methyl sites for hydroxylation is 1. The van der Waals surface area contributed by atoms with E-state index in [0.29, 0.717) is 0 Å². The quantitative estimate of drug-likeness (QED) is 0.606. The van der Waals surface area contributed by atoms with E-state index in [9.17, 15) is 0 Å². The van der Waals surface area contributed by atoms with Crippen molar-refractivity contribution in [2.45, 2.75) is 19.8 Å². The Kier molecular flexibility index (Phi) is 1.71. The van der Waals surface area contributed by atoms with Gasteiger partial charge in [0, 0.05) is 37.5 Å². The van der Waals surface area contributed by atoms with Crippen LogP contribution in [-0.2, 0) is 19.9 Å². The smallest absolute Gasteiger partial charge is 0.0733 e. The Bertz CT molecular complexity index is 323. The van der Waals surface area contributed by atoms with Gasteiger partial charge in [0.05, 0.1) is 5.69 Å². The van der Waals surface area contributed by atoms with Crippen molar-refractivity contribution in [3.05, 3.63) is 17.0 Å². The molecule has 0 spiro atoms. The third-order valence-electron chi connectivity index (χ3n) is 2.32. The molecule has 0 atom stereocenters. The highest BCUT2D eigenvalue weighted by Crippen LogP contribution is 2.15. The van der Waals surface area contributed by atoms with Gasteiger partial charge in [0.25, 0.3) is 0 Å². The molecule has 3 heteroatoms. The van der Waals surface area contributed by atoms with Crippen LogP contribution in [0, 0.1) is 0 Å². The molecule has 2 heterocycles. The number of aromatic nitrogens is 2. The number of hydrogen-bond acceptors (Lipinski definition) is 2. The second-order valence-electron chi connectivity index (χ2n) is 3.07. The van der Waals surface area contributed by atoms with Crippen LogP contribution in [0.15, 0.2) is 4.99 Å². The first kappa shape index (κ1) is 7.53. The normalized spacial score (nSPS) is 14.8. The molecule has 0 amide bonds. The number of hydrogen-bond donors (Lipinski definition) is 0. The molecule has 0 fully saturated rings. The van der Waals surface area contributed by atoms with Crippen molar-refractivity contribution in [1.82, 2.24) is 9.78 Å². The molecule has 1 aromatic rings. The molecule has 0 aliphatic carbocycles. The maximum absolute atomic E-state index is 4.45. The summed E-state index contributed by atoms with van der Waals surface area (Å²) in [6.45, 7) is 3.05. The molecule has 0 aromatic carbocycles. The zero-order valence-corrected chi connectivity index (χ0v) is 7.54. The van der Waals surface area contributed by atoms with Crippen molar-refractivity contribution in [1.29, 1.82) is 0 Å². The molecule has 1 aliphatic heterocycles. The predicted molar refractivity (Wildman–Crippen MR) is 48.8 cm³/mol. The minimum absolute atomic E-state index is 0.896. The van der Waals surface area contributed by atoms with Gasteiger partial charge in [0.15, 0.2) is 0 Å². The van der Waals surface area contributed by atoms with Crippen LogP contribution in [0.5, 0.6) is 0 Å². The van der Waals surface area contributed by atoms with Crippen molar-refractivity contribution in [3.8, 4) is 0 Å². The zero-order chi connectivity index (χ0) is 8.55. The van der Waals surface area contributed by atoms with E-state index in [0.717, 1.165) is 19.4 Å². The fraction of sp³-hybridized carbons (Fsp3) is 0.556. The molecule has 0 N–H and O–H groups in total. The van der Waals surface area contributed by atoms with E-state index in [1.165, 1.54) is 17.0 Å². The third kappa shape index (κ3) is 0.967. The third-order valence-corrected chi connectivity index (χ3v) is 2.32. The van der Waals surface area contributed by atoms with Gasteiger partial charge in [0.1, 0.15) is 0 Å². The summed E-state index contributed by atoms with van der Waals surface area (Å²) < 4.78 is 1.97. The molecule has 0 saturated carbocycles. The van der Waals surface area contributed by atoms with Crippen LogP contribution in [0.1, 0.15) is 23.9 Å². The molecular weight excluding hydrogens is 150 g/mol. The lowest BCUT2D eigenvalue weighted by Crippen LogP contribution is -2.02. The Hall–Kier alpha value is -1.12. The van der Waals surface area contributed by atoms with E-state index >= 15 is 0 Å². The lowest BCUT2D eigenvalue weighted by Gasteiger charge is -2.02. The Morgan fingerprint density at radius 2 is 2.42 bits per heavy atom. The number of fused-ring (bicyclic) bond motifs is 1. The van der Waals surface area contributed by atoms with E-state index in [2.05, 4.69) is 17.0 Å². The fourth-order valence-electron chi connectivity index (χ4n) is 1.72. The van der Waals surface area contributed by atoms with Crippen LogP contribution in [0.2, 0.25) is 0 Å². The summed E-state index contributed by atoms with van der Waals surface area (Å²) in [5, 5.41) is 4.45. The molecular formula is C9H13N3. The van der Waals surface area contributed by atoms with Gasteiger partial charge in [0.2, 0.25) is 0 Å². The Morgan fingerprint density at radius 1 is 1.58 bits per heavy atom.